The summed E-state index contributed by atoms with van der Waals surface area (Å²) in [5.74, 6) is 0. The molecule has 0 aliphatic rings. The van der Waals surface area contributed by atoms with E-state index in [4.69, 9.17) is 5.14 Å². The molecule has 2 aromatic rings. The molecule has 0 aliphatic carbocycles. The highest BCUT2D eigenvalue weighted by Crippen LogP contribution is 2.15. The minimum absolute atomic E-state index is 0.0255. The summed E-state index contributed by atoms with van der Waals surface area (Å²) >= 11 is 0. The van der Waals surface area contributed by atoms with Crippen molar-refractivity contribution in [2.75, 3.05) is 10.1 Å². The summed E-state index contributed by atoms with van der Waals surface area (Å²) in [6.45, 7) is 0. The van der Waals surface area contributed by atoms with E-state index < -0.39 is 20.4 Å². The van der Waals surface area contributed by atoms with E-state index in [0.717, 1.165) is 0 Å². The first-order chi connectivity index (χ1) is 10.3. The van der Waals surface area contributed by atoms with Crippen LogP contribution in [0.25, 0.3) is 0 Å². The molecule has 22 heavy (non-hydrogen) atoms. The van der Waals surface area contributed by atoms with Crippen LogP contribution in [-0.4, -0.2) is 20.7 Å². The number of rotatable bonds is 6. The fourth-order valence-corrected chi connectivity index (χ4v) is 3.76. The Morgan fingerprint density at radius 3 is 1.68 bits per heavy atom. The standard InChI is InChI=1S/C12H14N4O4S2/c13-21(17,18)16(14-11-7-3-1-4-8-11)22(19,20)15-12-9-5-2-6-10-12/h1-10,14-15H,(H2,13,17,18). The van der Waals surface area contributed by atoms with Gasteiger partial charge in [-0.1, -0.05) is 36.4 Å². The number of anilines is 2. The lowest BCUT2D eigenvalue weighted by Gasteiger charge is -2.21. The van der Waals surface area contributed by atoms with Crippen LogP contribution in [0.3, 0.4) is 0 Å². The predicted octanol–water partition coefficient (Wildman–Crippen LogP) is 0.876. The Labute approximate surface area is 128 Å². The van der Waals surface area contributed by atoms with Crippen molar-refractivity contribution in [2.24, 2.45) is 5.14 Å². The molecule has 0 heterocycles. The molecule has 8 nitrogen and oxygen atoms in total. The van der Waals surface area contributed by atoms with E-state index in [-0.39, 0.29) is 15.2 Å². The summed E-state index contributed by atoms with van der Waals surface area (Å²) in [7, 11) is -9.04. The molecule has 2 aromatic carbocycles. The molecule has 0 aliphatic heterocycles. The molecule has 0 saturated carbocycles. The largest absolute Gasteiger partial charge is 0.333 e. The van der Waals surface area contributed by atoms with Gasteiger partial charge in [0.1, 0.15) is 0 Å². The molecule has 2 rings (SSSR count). The molecule has 0 fully saturated rings. The number of benzene rings is 2. The molecule has 0 bridgehead atoms. The summed E-state index contributed by atoms with van der Waals surface area (Å²) in [6.07, 6.45) is 0. The third-order valence-corrected chi connectivity index (χ3v) is 5.25. The van der Waals surface area contributed by atoms with Gasteiger partial charge in [-0.2, -0.15) is 16.8 Å². The minimum Gasteiger partial charge on any atom is -0.289 e. The van der Waals surface area contributed by atoms with Crippen LogP contribution in [0.4, 0.5) is 11.4 Å². The van der Waals surface area contributed by atoms with Gasteiger partial charge in [-0.25, -0.2) is 5.14 Å². The van der Waals surface area contributed by atoms with Crippen molar-refractivity contribution in [3.63, 3.8) is 0 Å². The van der Waals surface area contributed by atoms with Gasteiger partial charge in [0, 0.05) is 9.51 Å². The number of nitrogens with zero attached hydrogens (tertiary/aromatic N) is 1. The van der Waals surface area contributed by atoms with E-state index >= 15 is 0 Å². The zero-order chi connectivity index (χ0) is 16.2. The fraction of sp³-hybridized carbons (Fsp3) is 0. The van der Waals surface area contributed by atoms with E-state index in [9.17, 15) is 16.8 Å². The molecule has 4 N–H and O–H groups in total. The summed E-state index contributed by atoms with van der Waals surface area (Å²) in [6, 6.07) is 15.8. The van der Waals surface area contributed by atoms with Crippen molar-refractivity contribution in [3.8, 4) is 0 Å². The molecule has 0 atom stereocenters. The molecule has 0 unspecified atom stereocenters. The Morgan fingerprint density at radius 2 is 1.23 bits per heavy atom. The van der Waals surface area contributed by atoms with E-state index in [1.807, 2.05) is 0 Å². The number of hydrogen-bond donors (Lipinski definition) is 3. The maximum absolute atomic E-state index is 12.2. The fourth-order valence-electron chi connectivity index (χ4n) is 1.58. The van der Waals surface area contributed by atoms with Crippen molar-refractivity contribution < 1.29 is 16.8 Å². The molecule has 118 valence electrons. The Morgan fingerprint density at radius 1 is 0.773 bits per heavy atom. The Balaban J connectivity index is 2.33. The maximum Gasteiger partial charge on any atom is 0.333 e. The molecule has 10 heteroatoms. The van der Waals surface area contributed by atoms with Crippen LogP contribution >= 0.6 is 0 Å². The number of hydrazine groups is 1. The van der Waals surface area contributed by atoms with Gasteiger partial charge in [0.15, 0.2) is 0 Å². The van der Waals surface area contributed by atoms with Crippen molar-refractivity contribution >= 4 is 31.8 Å². The predicted molar refractivity (Wildman–Crippen MR) is 84.0 cm³/mol. The minimum atomic E-state index is -4.57. The molecule has 0 radical (unpaired) electrons. The van der Waals surface area contributed by atoms with Crippen LogP contribution in [0.5, 0.6) is 0 Å². The van der Waals surface area contributed by atoms with E-state index in [1.54, 1.807) is 36.4 Å². The number of para-hydroxylation sites is 2. The van der Waals surface area contributed by atoms with Crippen LogP contribution in [0.15, 0.2) is 60.7 Å². The molecule has 0 aromatic heterocycles. The van der Waals surface area contributed by atoms with E-state index in [2.05, 4.69) is 10.1 Å². The summed E-state index contributed by atoms with van der Waals surface area (Å²) in [5, 5.41) is 4.98. The third-order valence-electron chi connectivity index (χ3n) is 2.46. The highest BCUT2D eigenvalue weighted by molar-refractivity contribution is 8.03. The highest BCUT2D eigenvalue weighted by Gasteiger charge is 2.32. The quantitative estimate of drug-likeness (QED) is 0.673. The first-order valence-electron chi connectivity index (χ1n) is 6.02. The van der Waals surface area contributed by atoms with Gasteiger partial charge in [-0.3, -0.25) is 10.1 Å². The van der Waals surface area contributed by atoms with Gasteiger partial charge in [0.05, 0.1) is 5.69 Å². The zero-order valence-electron chi connectivity index (χ0n) is 11.2. The lowest BCUT2D eigenvalue weighted by atomic mass is 10.3. The smallest absolute Gasteiger partial charge is 0.289 e. The maximum atomic E-state index is 12.2. The highest BCUT2D eigenvalue weighted by atomic mass is 32.3. The van der Waals surface area contributed by atoms with Gasteiger partial charge in [0.2, 0.25) is 0 Å². The van der Waals surface area contributed by atoms with Crippen molar-refractivity contribution in [3.05, 3.63) is 60.7 Å². The first kappa shape index (κ1) is 16.2. The van der Waals surface area contributed by atoms with Crippen molar-refractivity contribution in [1.29, 1.82) is 0 Å². The van der Waals surface area contributed by atoms with Gasteiger partial charge >= 0.3 is 20.4 Å². The van der Waals surface area contributed by atoms with Crippen LogP contribution < -0.4 is 15.3 Å². The molecule has 0 amide bonds. The average molecular weight is 342 g/mol. The second-order valence-corrected chi connectivity index (χ2v) is 7.34. The normalized spacial score (nSPS) is 12.1. The molecular weight excluding hydrogens is 328 g/mol. The van der Waals surface area contributed by atoms with Crippen molar-refractivity contribution in [1.82, 2.24) is 3.82 Å². The van der Waals surface area contributed by atoms with Gasteiger partial charge < -0.3 is 0 Å². The number of nitrogens with one attached hydrogen (secondary N) is 2. The van der Waals surface area contributed by atoms with Crippen LogP contribution in [-0.2, 0) is 20.4 Å². The second kappa shape index (κ2) is 6.32. The summed E-state index contributed by atoms with van der Waals surface area (Å²) in [5.41, 5.74) is 2.69. The average Bonchev–Trinajstić information content (AvgIpc) is 2.45. The third kappa shape index (κ3) is 4.18. The second-order valence-electron chi connectivity index (χ2n) is 4.19. The van der Waals surface area contributed by atoms with Gasteiger partial charge in [0.25, 0.3) is 0 Å². The van der Waals surface area contributed by atoms with E-state index in [1.165, 1.54) is 24.3 Å². The van der Waals surface area contributed by atoms with E-state index in [0.29, 0.717) is 0 Å². The number of hydrogen-bond acceptors (Lipinski definition) is 5. The Bertz CT molecular complexity index is 824. The van der Waals surface area contributed by atoms with Gasteiger partial charge in [-0.15, -0.1) is 0 Å². The monoisotopic (exact) mass is 342 g/mol. The Hall–Kier alpha value is -2.14. The lowest BCUT2D eigenvalue weighted by molar-refractivity contribution is 0.528. The first-order valence-corrected chi connectivity index (χ1v) is 8.96. The summed E-state index contributed by atoms with van der Waals surface area (Å²) in [4.78, 5) is 0. The number of nitrogens with two attached hydrogens (primary N) is 1. The zero-order valence-corrected chi connectivity index (χ0v) is 12.9. The van der Waals surface area contributed by atoms with Crippen molar-refractivity contribution in [2.45, 2.75) is 0 Å². The topological polar surface area (TPSA) is 122 Å². The van der Waals surface area contributed by atoms with Crippen LogP contribution in [0.2, 0.25) is 0 Å². The van der Waals surface area contributed by atoms with Crippen LogP contribution in [0.1, 0.15) is 0 Å². The Kier molecular flexibility index (Phi) is 4.66. The lowest BCUT2D eigenvalue weighted by Crippen LogP contribution is -2.47. The molecule has 0 spiro atoms. The molecule has 0 saturated heterocycles. The summed E-state index contributed by atoms with van der Waals surface area (Å²) < 4.78 is 49.8. The van der Waals surface area contributed by atoms with Crippen LogP contribution in [0, 0.1) is 0 Å². The SMILES string of the molecule is NS(=O)(=O)N(Nc1ccccc1)S(=O)(=O)Nc1ccccc1. The molecular formula is C12H14N4O4S2. The van der Waals surface area contributed by atoms with Gasteiger partial charge in [-0.05, 0) is 24.3 Å².